The van der Waals surface area contributed by atoms with Crippen LogP contribution in [0.25, 0.3) is 0 Å². The third-order valence-corrected chi connectivity index (χ3v) is 3.79. The predicted molar refractivity (Wildman–Crippen MR) is 47.7 cm³/mol. The lowest BCUT2D eigenvalue weighted by atomic mass is 9.60. The van der Waals surface area contributed by atoms with Crippen LogP contribution < -0.4 is 0 Å². The van der Waals surface area contributed by atoms with Gasteiger partial charge in [0.15, 0.2) is 0 Å². The number of carbonyl (C=O) groups is 2. The zero-order valence-electron chi connectivity index (χ0n) is 7.85. The molecule has 3 rings (SSSR count). The lowest BCUT2D eigenvalue weighted by Gasteiger charge is -2.43. The van der Waals surface area contributed by atoms with E-state index in [1.165, 1.54) is 0 Å². The van der Waals surface area contributed by atoms with Crippen molar-refractivity contribution < 1.29 is 19.8 Å². The largest absolute Gasteiger partial charge is 0.481 e. The van der Waals surface area contributed by atoms with E-state index in [0.29, 0.717) is 12.8 Å². The predicted octanol–water partition coefficient (Wildman–Crippen LogP) is 1.21. The van der Waals surface area contributed by atoms with E-state index in [2.05, 4.69) is 0 Å². The van der Waals surface area contributed by atoms with Gasteiger partial charge in [0.05, 0.1) is 11.8 Å². The van der Waals surface area contributed by atoms with Crippen molar-refractivity contribution in [2.75, 3.05) is 0 Å². The number of carboxylic acid groups (broad SMARTS) is 2. The Hall–Kier alpha value is -1.06. The Kier molecular flexibility index (Phi) is 2.21. The zero-order valence-corrected chi connectivity index (χ0v) is 7.85. The Morgan fingerprint density at radius 1 is 0.857 bits per heavy atom. The molecule has 2 N–H and O–H groups in total. The third kappa shape index (κ3) is 1.38. The van der Waals surface area contributed by atoms with Crippen LogP contribution in [0.4, 0.5) is 0 Å². The summed E-state index contributed by atoms with van der Waals surface area (Å²) in [5, 5.41) is 17.9. The molecule has 3 aliphatic rings. The molecule has 0 spiro atoms. The second-order valence-electron chi connectivity index (χ2n) is 4.46. The Balaban J connectivity index is 2.12. The molecule has 78 valence electrons. The van der Waals surface area contributed by atoms with Crippen LogP contribution in [-0.4, -0.2) is 22.2 Å². The fourth-order valence-electron chi connectivity index (χ4n) is 3.04. The van der Waals surface area contributed by atoms with E-state index in [4.69, 9.17) is 10.2 Å². The first-order valence-electron chi connectivity index (χ1n) is 5.05. The lowest BCUT2D eigenvalue weighted by molar-refractivity contribution is -0.157. The first kappa shape index (κ1) is 9.49. The lowest BCUT2D eigenvalue weighted by Crippen LogP contribution is -2.43. The van der Waals surface area contributed by atoms with Gasteiger partial charge in [0.1, 0.15) is 0 Å². The molecule has 0 aromatic heterocycles. The molecule has 4 atom stereocenters. The van der Waals surface area contributed by atoms with Gasteiger partial charge in [0.25, 0.3) is 0 Å². The van der Waals surface area contributed by atoms with Gasteiger partial charge in [0, 0.05) is 0 Å². The maximum atomic E-state index is 10.9. The van der Waals surface area contributed by atoms with Crippen LogP contribution in [0.15, 0.2) is 0 Å². The van der Waals surface area contributed by atoms with Crippen LogP contribution in [0.5, 0.6) is 0 Å². The zero-order chi connectivity index (χ0) is 10.3. The van der Waals surface area contributed by atoms with Gasteiger partial charge in [0.2, 0.25) is 0 Å². The first-order valence-corrected chi connectivity index (χ1v) is 5.05. The fourth-order valence-corrected chi connectivity index (χ4v) is 3.04. The Labute approximate surface area is 81.9 Å². The van der Waals surface area contributed by atoms with Gasteiger partial charge >= 0.3 is 11.9 Å². The number of hydrogen-bond acceptors (Lipinski definition) is 2. The van der Waals surface area contributed by atoms with Crippen molar-refractivity contribution in [2.45, 2.75) is 25.7 Å². The quantitative estimate of drug-likeness (QED) is 0.699. The van der Waals surface area contributed by atoms with E-state index >= 15 is 0 Å². The van der Waals surface area contributed by atoms with E-state index < -0.39 is 11.9 Å². The number of hydrogen-bond donors (Lipinski definition) is 2. The van der Waals surface area contributed by atoms with Crippen molar-refractivity contribution in [3.63, 3.8) is 0 Å². The van der Waals surface area contributed by atoms with Crippen molar-refractivity contribution in [1.29, 1.82) is 0 Å². The van der Waals surface area contributed by atoms with E-state index in [1.807, 2.05) is 0 Å². The van der Waals surface area contributed by atoms with Crippen LogP contribution in [0.1, 0.15) is 25.7 Å². The Morgan fingerprint density at radius 3 is 1.43 bits per heavy atom. The summed E-state index contributed by atoms with van der Waals surface area (Å²) in [6.07, 6.45) is 2.92. The van der Waals surface area contributed by atoms with Gasteiger partial charge in [-0.15, -0.1) is 0 Å². The van der Waals surface area contributed by atoms with Gasteiger partial charge in [-0.05, 0) is 37.5 Å². The van der Waals surface area contributed by atoms with Crippen LogP contribution in [0.2, 0.25) is 0 Å². The maximum Gasteiger partial charge on any atom is 0.306 e. The van der Waals surface area contributed by atoms with Gasteiger partial charge in [-0.3, -0.25) is 9.59 Å². The monoisotopic (exact) mass is 198 g/mol. The van der Waals surface area contributed by atoms with E-state index in [0.717, 1.165) is 12.8 Å². The number of carboxylic acids is 2. The molecule has 3 saturated carbocycles. The Morgan fingerprint density at radius 2 is 1.21 bits per heavy atom. The molecular weight excluding hydrogens is 184 g/mol. The normalized spacial score (nSPS) is 40.9. The molecule has 3 aliphatic carbocycles. The van der Waals surface area contributed by atoms with Crippen molar-refractivity contribution in [3.05, 3.63) is 0 Å². The second-order valence-corrected chi connectivity index (χ2v) is 4.46. The fraction of sp³-hybridized carbons (Fsp3) is 0.800. The summed E-state index contributed by atoms with van der Waals surface area (Å²) >= 11 is 0. The number of fused-ring (bicyclic) bond motifs is 3. The van der Waals surface area contributed by atoms with Crippen molar-refractivity contribution in [3.8, 4) is 0 Å². The van der Waals surface area contributed by atoms with Gasteiger partial charge < -0.3 is 10.2 Å². The molecule has 4 heteroatoms. The van der Waals surface area contributed by atoms with Gasteiger partial charge in [-0.1, -0.05) is 0 Å². The van der Waals surface area contributed by atoms with E-state index in [9.17, 15) is 9.59 Å². The summed E-state index contributed by atoms with van der Waals surface area (Å²) in [6, 6.07) is 0. The molecule has 4 nitrogen and oxygen atoms in total. The van der Waals surface area contributed by atoms with Crippen molar-refractivity contribution >= 4 is 11.9 Å². The van der Waals surface area contributed by atoms with Crippen LogP contribution in [0, 0.1) is 23.7 Å². The molecular formula is C10H14O4. The summed E-state index contributed by atoms with van der Waals surface area (Å²) in [5.74, 6) is -1.88. The maximum absolute atomic E-state index is 10.9. The molecule has 2 bridgehead atoms. The molecule has 14 heavy (non-hydrogen) atoms. The minimum absolute atomic E-state index is 0.0959. The summed E-state index contributed by atoms with van der Waals surface area (Å²) in [7, 11) is 0. The smallest absolute Gasteiger partial charge is 0.306 e. The standard InChI is InChI=1S/C10H14O4/c11-9(12)7-4-6-2-1-5(7)3-8(6)10(13)14/h5-8H,1-4H2,(H,11,12)(H,13,14)/t5-,6-,7-,8-/m0/s1. The van der Waals surface area contributed by atoms with Gasteiger partial charge in [-0.2, -0.15) is 0 Å². The molecule has 0 amide bonds. The van der Waals surface area contributed by atoms with Crippen molar-refractivity contribution in [1.82, 2.24) is 0 Å². The van der Waals surface area contributed by atoms with Crippen LogP contribution >= 0.6 is 0 Å². The first-order chi connectivity index (χ1) is 6.59. The molecule has 0 aliphatic heterocycles. The molecule has 0 unspecified atom stereocenters. The SMILES string of the molecule is O=C(O)[C@H]1C[C@@H]2CC[C@H]1C[C@@H]2C(=O)O. The molecule has 0 aromatic carbocycles. The number of aliphatic carboxylic acids is 2. The molecule has 0 radical (unpaired) electrons. The average Bonchev–Trinajstić information content (AvgIpc) is 2.18. The summed E-state index contributed by atoms with van der Waals surface area (Å²) in [6.45, 7) is 0. The highest BCUT2D eigenvalue weighted by Crippen LogP contribution is 2.48. The minimum Gasteiger partial charge on any atom is -0.481 e. The van der Waals surface area contributed by atoms with Crippen LogP contribution in [0.3, 0.4) is 0 Å². The summed E-state index contributed by atoms with van der Waals surface area (Å²) in [5.41, 5.74) is 0. The molecule has 0 heterocycles. The van der Waals surface area contributed by atoms with Crippen molar-refractivity contribution in [2.24, 2.45) is 23.7 Å². The molecule has 0 aromatic rings. The topological polar surface area (TPSA) is 74.6 Å². The van der Waals surface area contributed by atoms with Crippen LogP contribution in [-0.2, 0) is 9.59 Å². The third-order valence-electron chi connectivity index (χ3n) is 3.79. The highest BCUT2D eigenvalue weighted by Gasteiger charge is 2.47. The van der Waals surface area contributed by atoms with Gasteiger partial charge in [-0.25, -0.2) is 0 Å². The summed E-state index contributed by atoms with van der Waals surface area (Å²) in [4.78, 5) is 21.7. The van der Waals surface area contributed by atoms with E-state index in [1.54, 1.807) is 0 Å². The second kappa shape index (κ2) is 3.26. The number of rotatable bonds is 2. The average molecular weight is 198 g/mol. The van der Waals surface area contributed by atoms with E-state index in [-0.39, 0.29) is 23.7 Å². The highest BCUT2D eigenvalue weighted by molar-refractivity contribution is 5.74. The molecule has 3 fully saturated rings. The Bertz CT molecular complexity index is 245. The minimum atomic E-state index is -0.747. The molecule has 0 saturated heterocycles. The highest BCUT2D eigenvalue weighted by atomic mass is 16.4. The summed E-state index contributed by atoms with van der Waals surface area (Å²) < 4.78 is 0.